The lowest BCUT2D eigenvalue weighted by Gasteiger charge is -2.18. The average molecular weight is 829 g/mol. The summed E-state index contributed by atoms with van der Waals surface area (Å²) in [5.41, 5.74) is 0. The first-order valence-electron chi connectivity index (χ1n) is 25.5. The molecule has 0 saturated carbocycles. The summed E-state index contributed by atoms with van der Waals surface area (Å²) in [6.07, 6.45) is 55.5. The zero-order chi connectivity index (χ0) is 43.0. The zero-order valence-electron chi connectivity index (χ0n) is 39.3. The van der Waals surface area contributed by atoms with Crippen molar-refractivity contribution in [3.05, 3.63) is 36.5 Å². The summed E-state index contributed by atoms with van der Waals surface area (Å²) < 4.78 is 16.8. The van der Waals surface area contributed by atoms with Crippen LogP contribution in [0.3, 0.4) is 0 Å². The van der Waals surface area contributed by atoms with Crippen LogP contribution in [0.25, 0.3) is 0 Å². The number of allylic oxidation sites excluding steroid dienone is 6. The smallest absolute Gasteiger partial charge is 0.306 e. The predicted octanol–water partition coefficient (Wildman–Crippen LogP) is 16.5. The van der Waals surface area contributed by atoms with Crippen LogP contribution >= 0.6 is 0 Å². The fraction of sp³-hybridized carbons (Fsp3) is 0.830. The molecule has 344 valence electrons. The van der Waals surface area contributed by atoms with E-state index in [1.54, 1.807) is 0 Å². The van der Waals surface area contributed by atoms with Crippen molar-refractivity contribution in [2.45, 2.75) is 271 Å². The van der Waals surface area contributed by atoms with Crippen LogP contribution in [0.4, 0.5) is 0 Å². The second kappa shape index (κ2) is 48.3. The molecule has 6 heteroatoms. The van der Waals surface area contributed by atoms with Gasteiger partial charge in [0.05, 0.1) is 0 Å². The van der Waals surface area contributed by atoms with Gasteiger partial charge in [-0.1, -0.05) is 186 Å². The Bertz CT molecular complexity index is 1000. The molecular formula is C53H96O6. The number of hydrogen-bond acceptors (Lipinski definition) is 6. The van der Waals surface area contributed by atoms with Gasteiger partial charge in [0.25, 0.3) is 0 Å². The molecule has 0 amide bonds. The molecule has 0 aliphatic rings. The Labute approximate surface area is 365 Å². The summed E-state index contributed by atoms with van der Waals surface area (Å²) >= 11 is 0. The van der Waals surface area contributed by atoms with Crippen LogP contribution in [0, 0.1) is 0 Å². The van der Waals surface area contributed by atoms with E-state index in [4.69, 9.17) is 14.2 Å². The molecule has 0 bridgehead atoms. The van der Waals surface area contributed by atoms with E-state index in [1.165, 1.54) is 148 Å². The molecule has 0 aliphatic heterocycles. The molecule has 0 aromatic carbocycles. The lowest BCUT2D eigenvalue weighted by molar-refractivity contribution is -0.167. The van der Waals surface area contributed by atoms with Crippen molar-refractivity contribution in [2.24, 2.45) is 0 Å². The Morgan fingerprint density at radius 3 is 0.847 bits per heavy atom. The number of unbranched alkanes of at least 4 members (excludes halogenated alkanes) is 29. The quantitative estimate of drug-likeness (QED) is 0.0263. The number of hydrogen-bond donors (Lipinski definition) is 0. The maximum absolute atomic E-state index is 12.8. The molecule has 0 radical (unpaired) electrons. The molecule has 0 saturated heterocycles. The molecular weight excluding hydrogens is 733 g/mol. The molecule has 59 heavy (non-hydrogen) atoms. The minimum absolute atomic E-state index is 0.0790. The van der Waals surface area contributed by atoms with Crippen molar-refractivity contribution in [1.29, 1.82) is 0 Å². The number of carbonyl (C=O) groups excluding carboxylic acids is 3. The maximum atomic E-state index is 12.8. The highest BCUT2D eigenvalue weighted by atomic mass is 16.6. The number of ether oxygens (including phenoxy) is 3. The molecule has 0 fully saturated rings. The summed E-state index contributed by atoms with van der Waals surface area (Å²) in [4.78, 5) is 37.9. The third kappa shape index (κ3) is 46.5. The minimum Gasteiger partial charge on any atom is -0.462 e. The van der Waals surface area contributed by atoms with Gasteiger partial charge in [-0.05, 0) is 96.3 Å². The highest BCUT2D eigenvalue weighted by Gasteiger charge is 2.19. The van der Waals surface area contributed by atoms with E-state index in [-0.39, 0.29) is 31.1 Å². The van der Waals surface area contributed by atoms with E-state index >= 15 is 0 Å². The summed E-state index contributed by atoms with van der Waals surface area (Å²) in [6, 6.07) is 0. The Kier molecular flexibility index (Phi) is 46.4. The van der Waals surface area contributed by atoms with Crippen molar-refractivity contribution >= 4 is 17.9 Å². The second-order valence-corrected chi connectivity index (χ2v) is 17.1. The van der Waals surface area contributed by atoms with Crippen LogP contribution in [0.15, 0.2) is 36.5 Å². The van der Waals surface area contributed by atoms with Crippen molar-refractivity contribution in [1.82, 2.24) is 0 Å². The summed E-state index contributed by atoms with van der Waals surface area (Å²) in [5.74, 6) is -0.894. The van der Waals surface area contributed by atoms with Gasteiger partial charge in [0.1, 0.15) is 13.2 Å². The number of rotatable bonds is 46. The van der Waals surface area contributed by atoms with Crippen LogP contribution < -0.4 is 0 Å². The van der Waals surface area contributed by atoms with Crippen LogP contribution in [0.1, 0.15) is 265 Å². The fourth-order valence-corrected chi connectivity index (χ4v) is 7.19. The van der Waals surface area contributed by atoms with Gasteiger partial charge in [-0.3, -0.25) is 14.4 Å². The zero-order valence-corrected chi connectivity index (χ0v) is 39.3. The third-order valence-corrected chi connectivity index (χ3v) is 11.1. The lowest BCUT2D eigenvalue weighted by atomic mass is 10.1. The van der Waals surface area contributed by atoms with E-state index in [0.717, 1.165) is 77.0 Å². The molecule has 1 atom stereocenters. The van der Waals surface area contributed by atoms with E-state index in [9.17, 15) is 14.4 Å². The van der Waals surface area contributed by atoms with Crippen molar-refractivity contribution in [3.63, 3.8) is 0 Å². The third-order valence-electron chi connectivity index (χ3n) is 11.1. The Morgan fingerprint density at radius 2 is 0.559 bits per heavy atom. The highest BCUT2D eigenvalue weighted by Crippen LogP contribution is 2.14. The normalized spacial score (nSPS) is 12.3. The summed E-state index contributed by atoms with van der Waals surface area (Å²) in [7, 11) is 0. The Hall–Kier alpha value is -2.37. The molecule has 6 nitrogen and oxygen atoms in total. The Morgan fingerprint density at radius 1 is 0.322 bits per heavy atom. The van der Waals surface area contributed by atoms with Crippen LogP contribution in [0.2, 0.25) is 0 Å². The van der Waals surface area contributed by atoms with E-state index in [1.807, 2.05) is 0 Å². The number of carbonyl (C=O) groups is 3. The SMILES string of the molecule is CCCCCC/C=C/CCCCCCCCCC(=O)OC[C@@H](COC(=O)CCCCCCC/C=C/CCCCCC)OC(=O)CCCCCCC/C=C/CCCCCC. The average Bonchev–Trinajstić information content (AvgIpc) is 3.23. The minimum atomic E-state index is -0.778. The molecule has 0 spiro atoms. The van der Waals surface area contributed by atoms with Gasteiger partial charge in [0.2, 0.25) is 0 Å². The maximum Gasteiger partial charge on any atom is 0.306 e. The fourth-order valence-electron chi connectivity index (χ4n) is 7.19. The van der Waals surface area contributed by atoms with Gasteiger partial charge in [0.15, 0.2) is 6.10 Å². The molecule has 0 unspecified atom stereocenters. The Balaban J connectivity index is 4.38. The van der Waals surface area contributed by atoms with Gasteiger partial charge in [-0.25, -0.2) is 0 Å². The molecule has 0 N–H and O–H groups in total. The standard InChI is InChI=1S/C53H96O6/c1-4-7-10-13-16-19-22-25-26-29-31-34-37-40-43-46-52(55)58-49-50(59-53(56)47-44-41-38-35-32-28-24-21-18-15-12-9-6-3)48-57-51(54)45-42-39-36-33-30-27-23-20-17-14-11-8-5-2/h19-24,50H,4-18,25-49H2,1-3H3/b22-19+,23-20+,24-21+/t50-/m1/s1. The first-order chi connectivity index (χ1) is 29.0. The van der Waals surface area contributed by atoms with Gasteiger partial charge >= 0.3 is 17.9 Å². The van der Waals surface area contributed by atoms with Crippen LogP contribution in [-0.4, -0.2) is 37.2 Å². The molecule has 0 heterocycles. The summed E-state index contributed by atoms with van der Waals surface area (Å²) in [6.45, 7) is 6.59. The topological polar surface area (TPSA) is 78.9 Å². The molecule has 0 rings (SSSR count). The first-order valence-corrected chi connectivity index (χ1v) is 25.5. The van der Waals surface area contributed by atoms with Crippen LogP contribution in [-0.2, 0) is 28.6 Å². The van der Waals surface area contributed by atoms with Crippen molar-refractivity contribution < 1.29 is 28.6 Å². The van der Waals surface area contributed by atoms with E-state index < -0.39 is 6.10 Å². The van der Waals surface area contributed by atoms with E-state index in [0.29, 0.717) is 19.3 Å². The second-order valence-electron chi connectivity index (χ2n) is 17.1. The molecule has 0 aromatic heterocycles. The highest BCUT2D eigenvalue weighted by molar-refractivity contribution is 5.71. The molecule has 0 aromatic rings. The first kappa shape index (κ1) is 56.6. The van der Waals surface area contributed by atoms with Crippen molar-refractivity contribution in [2.75, 3.05) is 13.2 Å². The van der Waals surface area contributed by atoms with Crippen LogP contribution in [0.5, 0.6) is 0 Å². The van der Waals surface area contributed by atoms with E-state index in [2.05, 4.69) is 57.2 Å². The predicted molar refractivity (Wildman–Crippen MR) is 252 cm³/mol. The van der Waals surface area contributed by atoms with Gasteiger partial charge < -0.3 is 14.2 Å². The largest absolute Gasteiger partial charge is 0.462 e. The van der Waals surface area contributed by atoms with Crippen molar-refractivity contribution in [3.8, 4) is 0 Å². The van der Waals surface area contributed by atoms with Gasteiger partial charge in [-0.15, -0.1) is 0 Å². The molecule has 0 aliphatic carbocycles. The lowest BCUT2D eigenvalue weighted by Crippen LogP contribution is -2.30. The monoisotopic (exact) mass is 829 g/mol. The summed E-state index contributed by atoms with van der Waals surface area (Å²) in [5, 5.41) is 0. The van der Waals surface area contributed by atoms with Gasteiger partial charge in [-0.2, -0.15) is 0 Å². The number of esters is 3. The van der Waals surface area contributed by atoms with Gasteiger partial charge in [0, 0.05) is 19.3 Å².